The largest absolute Gasteiger partial charge is 0.461 e. The molecule has 0 spiro atoms. The van der Waals surface area contributed by atoms with Gasteiger partial charge in [0.1, 0.15) is 6.61 Å². The summed E-state index contributed by atoms with van der Waals surface area (Å²) in [5.41, 5.74) is 2.38. The zero-order chi connectivity index (χ0) is 16.8. The molecule has 0 saturated carbocycles. The van der Waals surface area contributed by atoms with Crippen LogP contribution in [0.2, 0.25) is 0 Å². The van der Waals surface area contributed by atoms with Crippen molar-refractivity contribution in [1.82, 2.24) is 0 Å². The highest BCUT2D eigenvalue weighted by Gasteiger charge is 2.08. The molecule has 0 fully saturated rings. The Hall–Kier alpha value is -2.95. The quantitative estimate of drug-likeness (QED) is 0.680. The van der Waals surface area contributed by atoms with Gasteiger partial charge in [-0.15, -0.1) is 0 Å². The van der Waals surface area contributed by atoms with Crippen molar-refractivity contribution in [1.29, 1.82) is 0 Å². The zero-order valence-electron chi connectivity index (χ0n) is 13.0. The maximum absolute atomic E-state index is 12.2. The van der Waals surface area contributed by atoms with Crippen LogP contribution in [-0.2, 0) is 16.1 Å². The van der Waals surface area contributed by atoms with Crippen molar-refractivity contribution in [3.05, 3.63) is 65.2 Å². The Morgan fingerprint density at radius 1 is 0.957 bits per heavy atom. The zero-order valence-corrected chi connectivity index (χ0v) is 13.0. The number of carbonyl (C=O) groups is 3. The molecule has 0 saturated heterocycles. The minimum Gasteiger partial charge on any atom is -0.461 e. The summed E-state index contributed by atoms with van der Waals surface area (Å²) in [6.45, 7) is 3.00. The summed E-state index contributed by atoms with van der Waals surface area (Å²) < 4.78 is 4.89. The van der Waals surface area contributed by atoms with Gasteiger partial charge in [0.05, 0.1) is 0 Å². The molecule has 0 radical (unpaired) electrons. The predicted molar refractivity (Wildman–Crippen MR) is 86.3 cm³/mol. The van der Waals surface area contributed by atoms with Crippen LogP contribution < -0.4 is 5.32 Å². The third-order valence-electron chi connectivity index (χ3n) is 3.19. The Morgan fingerprint density at radius 3 is 2.26 bits per heavy atom. The van der Waals surface area contributed by atoms with Gasteiger partial charge in [0.15, 0.2) is 5.78 Å². The van der Waals surface area contributed by atoms with Crippen LogP contribution in [0, 0.1) is 0 Å². The molecule has 5 nitrogen and oxygen atoms in total. The van der Waals surface area contributed by atoms with Crippen LogP contribution in [0.3, 0.4) is 0 Å². The number of anilines is 1. The van der Waals surface area contributed by atoms with Crippen molar-refractivity contribution in [3.8, 4) is 0 Å². The third kappa shape index (κ3) is 4.78. The molecule has 0 atom stereocenters. The molecule has 118 valence electrons. The van der Waals surface area contributed by atoms with E-state index in [9.17, 15) is 14.4 Å². The smallest absolute Gasteiger partial charge is 0.302 e. The van der Waals surface area contributed by atoms with E-state index in [0.29, 0.717) is 16.8 Å². The molecule has 0 bridgehead atoms. The number of ketones is 1. The van der Waals surface area contributed by atoms with Gasteiger partial charge in [-0.05, 0) is 36.8 Å². The lowest BCUT2D eigenvalue weighted by Gasteiger charge is -2.07. The lowest BCUT2D eigenvalue weighted by molar-refractivity contribution is -0.142. The molecular weight excluding hydrogens is 294 g/mol. The van der Waals surface area contributed by atoms with E-state index in [0.717, 1.165) is 5.56 Å². The fourth-order valence-corrected chi connectivity index (χ4v) is 1.96. The van der Waals surface area contributed by atoms with E-state index >= 15 is 0 Å². The van der Waals surface area contributed by atoms with E-state index < -0.39 is 0 Å². The molecule has 0 aliphatic heterocycles. The maximum Gasteiger partial charge on any atom is 0.302 e. The van der Waals surface area contributed by atoms with E-state index in [1.54, 1.807) is 48.5 Å². The number of amides is 1. The molecule has 2 aromatic rings. The first-order valence-corrected chi connectivity index (χ1v) is 7.10. The molecule has 1 N–H and O–H groups in total. The number of nitrogens with one attached hydrogen (secondary N) is 1. The topological polar surface area (TPSA) is 72.5 Å². The molecule has 1 amide bonds. The molecule has 0 aromatic heterocycles. The Kier molecular flexibility index (Phi) is 5.25. The number of ether oxygens (including phenoxy) is 1. The summed E-state index contributed by atoms with van der Waals surface area (Å²) in [6, 6.07) is 13.5. The van der Waals surface area contributed by atoms with Gasteiger partial charge in [0, 0.05) is 23.7 Å². The maximum atomic E-state index is 12.2. The highest BCUT2D eigenvalue weighted by atomic mass is 16.5. The van der Waals surface area contributed by atoms with Crippen LogP contribution in [0.5, 0.6) is 0 Å². The molecular formula is C18H17NO4. The molecule has 2 aromatic carbocycles. The van der Waals surface area contributed by atoms with E-state index in [4.69, 9.17) is 4.74 Å². The lowest BCUT2D eigenvalue weighted by atomic mass is 10.1. The third-order valence-corrected chi connectivity index (χ3v) is 3.19. The lowest BCUT2D eigenvalue weighted by Crippen LogP contribution is -2.12. The monoisotopic (exact) mass is 311 g/mol. The van der Waals surface area contributed by atoms with Gasteiger partial charge in [-0.2, -0.15) is 0 Å². The van der Waals surface area contributed by atoms with Gasteiger partial charge in [0.25, 0.3) is 5.91 Å². The van der Waals surface area contributed by atoms with E-state index in [2.05, 4.69) is 5.32 Å². The second kappa shape index (κ2) is 7.35. The molecule has 2 rings (SSSR count). The molecule has 0 heterocycles. The minimum absolute atomic E-state index is 0.0593. The van der Waals surface area contributed by atoms with Crippen LogP contribution in [-0.4, -0.2) is 17.7 Å². The standard InChI is InChI=1S/C18H17NO4/c1-12(20)16-4-3-5-17(10-16)19-18(22)15-8-6-14(7-9-15)11-23-13(2)21/h3-10H,11H2,1-2H3,(H,19,22). The predicted octanol–water partition coefficient (Wildman–Crippen LogP) is 3.20. The van der Waals surface area contributed by atoms with E-state index in [1.807, 2.05) is 0 Å². The van der Waals surface area contributed by atoms with Crippen LogP contribution in [0.1, 0.15) is 40.1 Å². The Bertz CT molecular complexity index is 735. The van der Waals surface area contributed by atoms with Crippen molar-refractivity contribution < 1.29 is 19.1 Å². The number of benzene rings is 2. The van der Waals surface area contributed by atoms with Gasteiger partial charge in [-0.25, -0.2) is 0 Å². The van der Waals surface area contributed by atoms with Crippen molar-refractivity contribution >= 4 is 23.3 Å². The molecule has 23 heavy (non-hydrogen) atoms. The molecule has 0 aliphatic rings. The van der Waals surface area contributed by atoms with E-state index in [-0.39, 0.29) is 24.3 Å². The average Bonchev–Trinajstić information content (AvgIpc) is 2.53. The highest BCUT2D eigenvalue weighted by Crippen LogP contribution is 2.13. The molecule has 0 aliphatic carbocycles. The summed E-state index contributed by atoms with van der Waals surface area (Å²) in [7, 11) is 0. The Labute approximate surface area is 134 Å². The van der Waals surface area contributed by atoms with Crippen LogP contribution in [0.15, 0.2) is 48.5 Å². The van der Waals surface area contributed by atoms with Crippen LogP contribution in [0.25, 0.3) is 0 Å². The van der Waals surface area contributed by atoms with Crippen molar-refractivity contribution in [2.75, 3.05) is 5.32 Å². The van der Waals surface area contributed by atoms with Gasteiger partial charge in [-0.1, -0.05) is 24.3 Å². The number of hydrogen-bond donors (Lipinski definition) is 1. The first-order chi connectivity index (χ1) is 11.0. The van der Waals surface area contributed by atoms with E-state index in [1.165, 1.54) is 13.8 Å². The number of hydrogen-bond acceptors (Lipinski definition) is 4. The number of rotatable bonds is 5. The van der Waals surface area contributed by atoms with Gasteiger partial charge in [-0.3, -0.25) is 14.4 Å². The minimum atomic E-state index is -0.350. The number of esters is 1. The van der Waals surface area contributed by atoms with Crippen molar-refractivity contribution in [2.24, 2.45) is 0 Å². The second-order valence-corrected chi connectivity index (χ2v) is 5.07. The highest BCUT2D eigenvalue weighted by molar-refractivity contribution is 6.05. The fourth-order valence-electron chi connectivity index (χ4n) is 1.96. The SMILES string of the molecule is CC(=O)OCc1ccc(C(=O)Nc2cccc(C(C)=O)c2)cc1. The summed E-state index contributed by atoms with van der Waals surface area (Å²) >= 11 is 0. The Morgan fingerprint density at radius 2 is 1.65 bits per heavy atom. The van der Waals surface area contributed by atoms with Crippen LogP contribution in [0.4, 0.5) is 5.69 Å². The van der Waals surface area contributed by atoms with Crippen molar-refractivity contribution in [2.45, 2.75) is 20.5 Å². The van der Waals surface area contributed by atoms with Gasteiger partial charge < -0.3 is 10.1 Å². The Balaban J connectivity index is 2.04. The summed E-state index contributed by atoms with van der Waals surface area (Å²) in [4.78, 5) is 34.3. The average molecular weight is 311 g/mol. The summed E-state index contributed by atoms with van der Waals surface area (Å²) in [5, 5.41) is 2.75. The molecule has 0 unspecified atom stereocenters. The number of carbonyl (C=O) groups excluding carboxylic acids is 3. The first kappa shape index (κ1) is 16.4. The summed E-state index contributed by atoms with van der Waals surface area (Å²) in [6.07, 6.45) is 0. The second-order valence-electron chi connectivity index (χ2n) is 5.07. The summed E-state index contributed by atoms with van der Waals surface area (Å²) in [5.74, 6) is -0.683. The van der Waals surface area contributed by atoms with Gasteiger partial charge >= 0.3 is 5.97 Å². The van der Waals surface area contributed by atoms with Gasteiger partial charge in [0.2, 0.25) is 0 Å². The first-order valence-electron chi connectivity index (χ1n) is 7.10. The van der Waals surface area contributed by atoms with Crippen molar-refractivity contribution in [3.63, 3.8) is 0 Å². The fraction of sp³-hybridized carbons (Fsp3) is 0.167. The normalized spacial score (nSPS) is 10.0. The molecule has 5 heteroatoms. The van der Waals surface area contributed by atoms with Crippen LogP contribution >= 0.6 is 0 Å². The number of Topliss-reactive ketones (excluding diaryl/α,β-unsaturated/α-hetero) is 1.